The highest BCUT2D eigenvalue weighted by atomic mass is 16.2. The number of aryl methyl sites for hydroxylation is 1. The third-order valence-electron chi connectivity index (χ3n) is 4.55. The third kappa shape index (κ3) is 6.84. The number of nitrogens with zero attached hydrogens (tertiary/aromatic N) is 1. The summed E-state index contributed by atoms with van der Waals surface area (Å²) in [5, 5.41) is 3.03. The van der Waals surface area contributed by atoms with Crippen molar-refractivity contribution in [2.24, 2.45) is 0 Å². The maximum atomic E-state index is 13.1. The molecule has 4 nitrogen and oxygen atoms in total. The molecule has 0 aliphatic carbocycles. The molecule has 0 saturated carbocycles. The monoisotopic (exact) mass is 380 g/mol. The summed E-state index contributed by atoms with van der Waals surface area (Å²) in [5.41, 5.74) is 1.82. The first-order chi connectivity index (χ1) is 13.3. The zero-order valence-corrected chi connectivity index (χ0v) is 17.4. The Morgan fingerprint density at radius 3 is 1.96 bits per heavy atom. The van der Waals surface area contributed by atoms with Gasteiger partial charge in [0.2, 0.25) is 11.8 Å². The fourth-order valence-electron chi connectivity index (χ4n) is 3.19. The smallest absolute Gasteiger partial charge is 0.243 e. The van der Waals surface area contributed by atoms with Gasteiger partial charge in [0.05, 0.1) is 0 Å². The summed E-state index contributed by atoms with van der Waals surface area (Å²) in [6, 6.07) is 19.3. The molecule has 4 heteroatoms. The van der Waals surface area contributed by atoms with Crippen LogP contribution >= 0.6 is 0 Å². The first kappa shape index (κ1) is 21.7. The molecule has 1 N–H and O–H groups in total. The van der Waals surface area contributed by atoms with Gasteiger partial charge >= 0.3 is 0 Å². The zero-order valence-electron chi connectivity index (χ0n) is 17.4. The van der Waals surface area contributed by atoms with Crippen LogP contribution in [0.15, 0.2) is 60.7 Å². The minimum absolute atomic E-state index is 0.00335. The summed E-state index contributed by atoms with van der Waals surface area (Å²) in [6.45, 7) is 8.25. The molecule has 28 heavy (non-hydrogen) atoms. The minimum Gasteiger partial charge on any atom is -0.350 e. The Hall–Kier alpha value is -2.62. The Balaban J connectivity index is 2.19. The van der Waals surface area contributed by atoms with E-state index in [-0.39, 0.29) is 17.4 Å². The summed E-state index contributed by atoms with van der Waals surface area (Å²) in [6.07, 6.45) is 1.63. The summed E-state index contributed by atoms with van der Waals surface area (Å²) < 4.78 is 0. The molecule has 2 aromatic rings. The second-order valence-corrected chi connectivity index (χ2v) is 8.16. The van der Waals surface area contributed by atoms with E-state index in [9.17, 15) is 9.59 Å². The van der Waals surface area contributed by atoms with E-state index in [0.29, 0.717) is 25.8 Å². The molecule has 0 fully saturated rings. The summed E-state index contributed by atoms with van der Waals surface area (Å²) >= 11 is 0. The first-order valence-electron chi connectivity index (χ1n) is 9.99. The number of benzene rings is 2. The van der Waals surface area contributed by atoms with Gasteiger partial charge in [0.15, 0.2) is 0 Å². The van der Waals surface area contributed by atoms with Crippen molar-refractivity contribution in [3.8, 4) is 0 Å². The summed E-state index contributed by atoms with van der Waals surface area (Å²) in [4.78, 5) is 27.8. The second-order valence-electron chi connectivity index (χ2n) is 8.16. The van der Waals surface area contributed by atoms with Crippen molar-refractivity contribution >= 4 is 11.8 Å². The Bertz CT molecular complexity index is 751. The van der Waals surface area contributed by atoms with Gasteiger partial charge in [0.25, 0.3) is 0 Å². The largest absolute Gasteiger partial charge is 0.350 e. The Morgan fingerprint density at radius 1 is 0.929 bits per heavy atom. The molecule has 2 rings (SSSR count). The van der Waals surface area contributed by atoms with Crippen molar-refractivity contribution in [2.75, 3.05) is 0 Å². The molecule has 2 aromatic carbocycles. The lowest BCUT2D eigenvalue weighted by Gasteiger charge is -2.33. The molecular weight excluding hydrogens is 348 g/mol. The van der Waals surface area contributed by atoms with Gasteiger partial charge < -0.3 is 10.2 Å². The van der Waals surface area contributed by atoms with Crippen molar-refractivity contribution in [3.63, 3.8) is 0 Å². The Kier molecular flexibility index (Phi) is 7.80. The van der Waals surface area contributed by atoms with E-state index in [1.165, 1.54) is 0 Å². The normalized spacial score (nSPS) is 12.3. The van der Waals surface area contributed by atoms with Crippen molar-refractivity contribution in [2.45, 2.75) is 65.1 Å². The highest BCUT2D eigenvalue weighted by molar-refractivity contribution is 5.88. The highest BCUT2D eigenvalue weighted by Crippen LogP contribution is 2.16. The molecule has 0 aliphatic heterocycles. The van der Waals surface area contributed by atoms with E-state index in [1.807, 2.05) is 88.4 Å². The van der Waals surface area contributed by atoms with Gasteiger partial charge in [-0.25, -0.2) is 0 Å². The number of carbonyl (C=O) groups excluding carboxylic acids is 2. The van der Waals surface area contributed by atoms with Crippen molar-refractivity contribution in [3.05, 3.63) is 71.8 Å². The van der Waals surface area contributed by atoms with Crippen LogP contribution < -0.4 is 5.32 Å². The van der Waals surface area contributed by atoms with Crippen molar-refractivity contribution in [1.29, 1.82) is 0 Å². The van der Waals surface area contributed by atoms with Gasteiger partial charge in [-0.05, 0) is 44.7 Å². The summed E-state index contributed by atoms with van der Waals surface area (Å²) in [7, 11) is 0. The topological polar surface area (TPSA) is 49.4 Å². The SMILES string of the molecule is CC[C@@H](C(=O)NC(C)(C)C)N(Cc1ccccc1)C(=O)CCc1ccccc1. The van der Waals surface area contributed by atoms with Crippen LogP contribution in [-0.2, 0) is 22.6 Å². The molecule has 0 spiro atoms. The molecule has 0 aromatic heterocycles. The average molecular weight is 381 g/mol. The molecule has 0 unspecified atom stereocenters. The number of rotatable bonds is 8. The van der Waals surface area contributed by atoms with Crippen molar-refractivity contribution < 1.29 is 9.59 Å². The van der Waals surface area contributed by atoms with E-state index in [1.54, 1.807) is 4.90 Å². The average Bonchev–Trinajstić information content (AvgIpc) is 2.66. The number of hydrogen-bond donors (Lipinski definition) is 1. The van der Waals surface area contributed by atoms with E-state index in [2.05, 4.69) is 5.32 Å². The van der Waals surface area contributed by atoms with Crippen LogP contribution in [0.4, 0.5) is 0 Å². The fourth-order valence-corrected chi connectivity index (χ4v) is 3.19. The minimum atomic E-state index is -0.484. The van der Waals surface area contributed by atoms with Crippen LogP contribution in [0.2, 0.25) is 0 Å². The van der Waals surface area contributed by atoms with Gasteiger partial charge in [-0.3, -0.25) is 9.59 Å². The lowest BCUT2D eigenvalue weighted by Crippen LogP contribution is -2.53. The van der Waals surface area contributed by atoms with Gasteiger partial charge in [-0.2, -0.15) is 0 Å². The molecule has 2 amide bonds. The number of amides is 2. The molecule has 0 radical (unpaired) electrons. The third-order valence-corrected chi connectivity index (χ3v) is 4.55. The lowest BCUT2D eigenvalue weighted by atomic mass is 10.0. The maximum Gasteiger partial charge on any atom is 0.243 e. The fraction of sp³-hybridized carbons (Fsp3) is 0.417. The molecule has 1 atom stereocenters. The predicted molar refractivity (Wildman–Crippen MR) is 114 cm³/mol. The second kappa shape index (κ2) is 10.1. The van der Waals surface area contributed by atoms with Crippen LogP contribution in [0.5, 0.6) is 0 Å². The van der Waals surface area contributed by atoms with Crippen molar-refractivity contribution in [1.82, 2.24) is 10.2 Å². The Morgan fingerprint density at radius 2 is 1.46 bits per heavy atom. The molecule has 0 saturated heterocycles. The van der Waals surface area contributed by atoms with Crippen LogP contribution in [0, 0.1) is 0 Å². The summed E-state index contributed by atoms with van der Waals surface area (Å²) in [5.74, 6) is -0.0948. The van der Waals surface area contributed by atoms with Crippen LogP contribution in [0.1, 0.15) is 51.7 Å². The number of hydrogen-bond acceptors (Lipinski definition) is 2. The Labute approximate surface area is 169 Å². The van der Waals surface area contributed by atoms with E-state index in [0.717, 1.165) is 11.1 Å². The zero-order chi connectivity index (χ0) is 20.6. The quantitative estimate of drug-likeness (QED) is 0.740. The van der Waals surface area contributed by atoms with Gasteiger partial charge in [-0.1, -0.05) is 67.6 Å². The maximum absolute atomic E-state index is 13.1. The van der Waals surface area contributed by atoms with E-state index >= 15 is 0 Å². The van der Waals surface area contributed by atoms with Crippen LogP contribution in [0.25, 0.3) is 0 Å². The number of nitrogens with one attached hydrogen (secondary N) is 1. The number of carbonyl (C=O) groups is 2. The molecule has 0 heterocycles. The predicted octanol–water partition coefficient (Wildman–Crippen LogP) is 4.34. The lowest BCUT2D eigenvalue weighted by molar-refractivity contribution is -0.142. The van der Waals surface area contributed by atoms with E-state index < -0.39 is 6.04 Å². The van der Waals surface area contributed by atoms with E-state index in [4.69, 9.17) is 0 Å². The van der Waals surface area contributed by atoms with Gasteiger partial charge in [0.1, 0.15) is 6.04 Å². The first-order valence-corrected chi connectivity index (χ1v) is 9.99. The van der Waals surface area contributed by atoms with Gasteiger partial charge in [-0.15, -0.1) is 0 Å². The van der Waals surface area contributed by atoms with Gasteiger partial charge in [0, 0.05) is 18.5 Å². The highest BCUT2D eigenvalue weighted by Gasteiger charge is 2.30. The standard InChI is InChI=1S/C24H32N2O2/c1-5-21(23(28)25-24(2,3)4)26(18-20-14-10-7-11-15-20)22(27)17-16-19-12-8-6-9-13-19/h6-15,21H,5,16-18H2,1-4H3,(H,25,28)/t21-/m0/s1. The van der Waals surface area contributed by atoms with Crippen LogP contribution in [0.3, 0.4) is 0 Å². The molecule has 0 bridgehead atoms. The molecule has 0 aliphatic rings. The molecule has 150 valence electrons. The molecular formula is C24H32N2O2. The van der Waals surface area contributed by atoms with Crippen LogP contribution in [-0.4, -0.2) is 28.3 Å².